The molecule has 3 rings (SSSR count). The predicted molar refractivity (Wildman–Crippen MR) is 118 cm³/mol. The van der Waals surface area contributed by atoms with E-state index in [1.165, 1.54) is 7.11 Å². The van der Waals surface area contributed by atoms with E-state index in [4.69, 9.17) is 23.7 Å². The Morgan fingerprint density at radius 1 is 0.909 bits per heavy atom. The normalized spacial score (nSPS) is 25.1. The summed E-state index contributed by atoms with van der Waals surface area (Å²) in [4.78, 5) is 0. The van der Waals surface area contributed by atoms with E-state index in [1.807, 2.05) is 30.3 Å². The van der Waals surface area contributed by atoms with Gasteiger partial charge in [-0.25, -0.2) is 0 Å². The average Bonchev–Trinajstić information content (AvgIpc) is 2.84. The Labute approximate surface area is 193 Å². The lowest BCUT2D eigenvalue weighted by atomic mass is 9.99. The number of ether oxygens (including phenoxy) is 5. The maximum absolute atomic E-state index is 10.3. The summed E-state index contributed by atoms with van der Waals surface area (Å²) in [5.74, 6) is 0.945. The van der Waals surface area contributed by atoms with Gasteiger partial charge in [-0.3, -0.25) is 0 Å². The first-order valence-corrected chi connectivity index (χ1v) is 10.8. The van der Waals surface area contributed by atoms with E-state index in [9.17, 15) is 20.4 Å². The van der Waals surface area contributed by atoms with Crippen molar-refractivity contribution >= 4 is 0 Å². The van der Waals surface area contributed by atoms with Crippen LogP contribution in [0.5, 0.6) is 11.5 Å². The van der Waals surface area contributed by atoms with Crippen molar-refractivity contribution < 1.29 is 44.1 Å². The first kappa shape index (κ1) is 25.4. The summed E-state index contributed by atoms with van der Waals surface area (Å²) in [6.45, 7) is 0.314. The zero-order valence-corrected chi connectivity index (χ0v) is 18.8. The van der Waals surface area contributed by atoms with E-state index in [1.54, 1.807) is 19.2 Å². The van der Waals surface area contributed by atoms with Crippen molar-refractivity contribution in [3.63, 3.8) is 0 Å². The van der Waals surface area contributed by atoms with Gasteiger partial charge in [0.2, 0.25) is 6.29 Å². The van der Waals surface area contributed by atoms with Gasteiger partial charge >= 0.3 is 0 Å². The maximum atomic E-state index is 10.3. The monoisotopic (exact) mass is 464 g/mol. The molecule has 9 nitrogen and oxygen atoms in total. The van der Waals surface area contributed by atoms with E-state index >= 15 is 0 Å². The molecule has 5 atom stereocenters. The number of methoxy groups -OCH3 is 2. The number of hydrogen-bond acceptors (Lipinski definition) is 9. The van der Waals surface area contributed by atoms with Gasteiger partial charge in [-0.2, -0.15) is 0 Å². The minimum atomic E-state index is -1.52. The molecule has 0 radical (unpaired) electrons. The van der Waals surface area contributed by atoms with Crippen LogP contribution in [0, 0.1) is 0 Å². The van der Waals surface area contributed by atoms with Crippen molar-refractivity contribution in [2.45, 2.75) is 43.5 Å². The third-order valence-electron chi connectivity index (χ3n) is 5.52. The summed E-state index contributed by atoms with van der Waals surface area (Å²) < 4.78 is 26.9. The van der Waals surface area contributed by atoms with Gasteiger partial charge in [-0.15, -0.1) is 0 Å². The molecule has 33 heavy (non-hydrogen) atoms. The van der Waals surface area contributed by atoms with Crippen LogP contribution in [-0.4, -0.2) is 85.4 Å². The molecule has 1 saturated heterocycles. The molecule has 1 aliphatic rings. The van der Waals surface area contributed by atoms with E-state index in [2.05, 4.69) is 0 Å². The Balaban J connectivity index is 1.73. The second-order valence-electron chi connectivity index (χ2n) is 7.85. The number of rotatable bonds is 11. The highest BCUT2D eigenvalue weighted by Crippen LogP contribution is 2.31. The van der Waals surface area contributed by atoms with Crippen LogP contribution in [0.4, 0.5) is 0 Å². The summed E-state index contributed by atoms with van der Waals surface area (Å²) >= 11 is 0. The van der Waals surface area contributed by atoms with Gasteiger partial charge in [0.05, 0.1) is 20.3 Å². The molecular formula is C24H32O9. The smallest absolute Gasteiger partial charge is 0.229 e. The molecule has 9 heteroatoms. The summed E-state index contributed by atoms with van der Waals surface area (Å²) in [6.07, 6.45) is -5.48. The molecule has 182 valence electrons. The lowest BCUT2D eigenvalue weighted by Crippen LogP contribution is -2.60. The van der Waals surface area contributed by atoms with Crippen molar-refractivity contribution in [1.82, 2.24) is 0 Å². The lowest BCUT2D eigenvalue weighted by Gasteiger charge is -2.39. The molecule has 0 bridgehead atoms. The first-order chi connectivity index (χ1) is 16.0. The number of aliphatic hydroxyl groups is 4. The van der Waals surface area contributed by atoms with Crippen LogP contribution >= 0.6 is 0 Å². The van der Waals surface area contributed by atoms with Crippen molar-refractivity contribution in [3.8, 4) is 11.5 Å². The predicted octanol–water partition coefficient (Wildman–Crippen LogP) is 0.628. The summed E-state index contributed by atoms with van der Waals surface area (Å²) in [5.41, 5.74) is 2.99. The quantitative estimate of drug-likeness (QED) is 0.280. The zero-order chi connectivity index (χ0) is 23.8. The fraction of sp³-hybridized carbons (Fsp3) is 0.500. The van der Waals surface area contributed by atoms with Crippen molar-refractivity contribution in [2.75, 3.05) is 34.2 Å². The Morgan fingerprint density at radius 3 is 2.30 bits per heavy atom. The Bertz CT molecular complexity index is 856. The van der Waals surface area contributed by atoms with E-state index < -0.39 is 37.3 Å². The van der Waals surface area contributed by atoms with Crippen LogP contribution in [0.3, 0.4) is 0 Å². The van der Waals surface area contributed by atoms with Gasteiger partial charge in [0.1, 0.15) is 42.7 Å². The number of benzene rings is 2. The van der Waals surface area contributed by atoms with Crippen LogP contribution in [-0.2, 0) is 27.1 Å². The van der Waals surface area contributed by atoms with Gasteiger partial charge in [-0.05, 0) is 29.2 Å². The lowest BCUT2D eigenvalue weighted by molar-refractivity contribution is -0.277. The average molecular weight is 465 g/mol. The molecule has 0 amide bonds. The van der Waals surface area contributed by atoms with Crippen molar-refractivity contribution in [2.24, 2.45) is 0 Å². The molecule has 1 aliphatic heterocycles. The molecule has 0 saturated carbocycles. The van der Waals surface area contributed by atoms with Crippen molar-refractivity contribution in [1.29, 1.82) is 0 Å². The molecule has 1 heterocycles. The highest BCUT2D eigenvalue weighted by Gasteiger charge is 2.44. The molecule has 2 aromatic carbocycles. The number of hydrogen-bond donors (Lipinski definition) is 4. The van der Waals surface area contributed by atoms with Crippen LogP contribution in [0.25, 0.3) is 0 Å². The van der Waals surface area contributed by atoms with Gasteiger partial charge in [0.25, 0.3) is 0 Å². The third kappa shape index (κ3) is 6.64. The summed E-state index contributed by atoms with van der Waals surface area (Å²) in [6, 6.07) is 13.4. The highest BCUT2D eigenvalue weighted by atomic mass is 16.7. The van der Waals surface area contributed by atoms with Crippen molar-refractivity contribution in [3.05, 3.63) is 59.2 Å². The largest absolute Gasteiger partial charge is 0.497 e. The SMILES string of the molecule is COCOCCc1ccc(Cc2ccc(OC)cc2O[C@@H]2O[C@H](CO)[C@@H](O)[C@H](O)[C@H]2O)cc1. The Morgan fingerprint density at radius 2 is 1.64 bits per heavy atom. The standard InChI is InChI=1S/C24H32O9/c1-29-14-31-10-9-15-3-5-16(6-4-15)11-17-7-8-18(30-2)12-19(17)32-24-23(28)22(27)21(26)20(13-25)33-24/h3-8,12,20-28H,9-11,13-14H2,1-2H3/t20-,21-,22+,23-,24-/m1/s1. The van der Waals surface area contributed by atoms with Crippen LogP contribution in [0.15, 0.2) is 42.5 Å². The van der Waals surface area contributed by atoms with Crippen LogP contribution < -0.4 is 9.47 Å². The van der Waals surface area contributed by atoms with Gasteiger partial charge in [0.15, 0.2) is 0 Å². The van der Waals surface area contributed by atoms with E-state index in [-0.39, 0.29) is 6.79 Å². The first-order valence-electron chi connectivity index (χ1n) is 10.8. The van der Waals surface area contributed by atoms with Crippen LogP contribution in [0.2, 0.25) is 0 Å². The number of aliphatic hydroxyl groups excluding tert-OH is 4. The maximum Gasteiger partial charge on any atom is 0.229 e. The topological polar surface area (TPSA) is 127 Å². The molecule has 0 aromatic heterocycles. The second-order valence-corrected chi connectivity index (χ2v) is 7.85. The van der Waals surface area contributed by atoms with Gasteiger partial charge in [-0.1, -0.05) is 30.3 Å². The molecule has 0 spiro atoms. The van der Waals surface area contributed by atoms with E-state index in [0.29, 0.717) is 24.5 Å². The minimum Gasteiger partial charge on any atom is -0.497 e. The molecule has 0 aliphatic carbocycles. The van der Waals surface area contributed by atoms with Gasteiger partial charge in [0, 0.05) is 19.6 Å². The minimum absolute atomic E-state index is 0.271. The zero-order valence-electron chi connectivity index (χ0n) is 18.8. The molecule has 4 N–H and O–H groups in total. The third-order valence-corrected chi connectivity index (χ3v) is 5.52. The van der Waals surface area contributed by atoms with Gasteiger partial charge < -0.3 is 44.1 Å². The van der Waals surface area contributed by atoms with E-state index in [0.717, 1.165) is 23.1 Å². The molecule has 0 unspecified atom stereocenters. The highest BCUT2D eigenvalue weighted by molar-refractivity contribution is 5.43. The van der Waals surface area contributed by atoms with Crippen LogP contribution in [0.1, 0.15) is 16.7 Å². The second kappa shape index (κ2) is 12.3. The Hall–Kier alpha value is -2.24. The molecule has 1 fully saturated rings. The Kier molecular flexibility index (Phi) is 9.45. The molecule has 2 aromatic rings. The fourth-order valence-electron chi connectivity index (χ4n) is 3.58. The fourth-order valence-corrected chi connectivity index (χ4v) is 3.58. The summed E-state index contributed by atoms with van der Waals surface area (Å²) in [7, 11) is 3.12. The molecular weight excluding hydrogens is 432 g/mol. The summed E-state index contributed by atoms with van der Waals surface area (Å²) in [5, 5.41) is 39.8.